The second-order valence-electron chi connectivity index (χ2n) is 14.1. The van der Waals surface area contributed by atoms with Crippen molar-refractivity contribution in [3.8, 4) is 0 Å². The van der Waals surface area contributed by atoms with Crippen LogP contribution in [0.3, 0.4) is 0 Å². The fourth-order valence-corrected chi connectivity index (χ4v) is 6.19. The Kier molecular flexibility index (Phi) is 33.3. The highest BCUT2D eigenvalue weighted by Crippen LogP contribution is 2.19. The van der Waals surface area contributed by atoms with Crippen molar-refractivity contribution in [2.75, 3.05) is 6.54 Å². The molecule has 1 N–H and O–H groups in total. The molecular weight excluding hydrogens is 599 g/mol. The molecule has 1 rings (SSSR count). The maximum Gasteiger partial charge on any atom is 0.407 e. The first kappa shape index (κ1) is 44.5. The van der Waals surface area contributed by atoms with E-state index >= 15 is 0 Å². The summed E-state index contributed by atoms with van der Waals surface area (Å²) in [5.74, 6) is 0.543. The molecule has 0 aliphatic heterocycles. The van der Waals surface area contributed by atoms with Gasteiger partial charge in [-0.25, -0.2) is 4.79 Å². The number of allylic oxidation sites excluding steroid dienone is 8. The highest BCUT2D eigenvalue weighted by Gasteiger charge is 2.11. The number of amides is 1. The second kappa shape index (κ2) is 36.7. The standard InChI is InChI=1S/C46H77NO2/c1-3-5-7-9-11-13-15-17-19-21-23-25-27-29-31-34-38-44(42-47-46(48)49-43-45-40-36-33-37-41-45)39-35-32-30-28-26-24-22-20-18-16-14-12-10-8-6-4-2/h11-14,17-20,33,36-37,40-41,44H,3-10,15-16,21-32,34-35,38-39,42-43H2,1-2H3,(H,47,48)/b13-11-,14-12-,19-17-,20-18-. The Balaban J connectivity index is 2.19. The van der Waals surface area contributed by atoms with E-state index < -0.39 is 0 Å². The number of hydrogen-bond acceptors (Lipinski definition) is 2. The van der Waals surface area contributed by atoms with Crippen molar-refractivity contribution in [2.24, 2.45) is 5.92 Å². The van der Waals surface area contributed by atoms with E-state index in [0.29, 0.717) is 12.5 Å². The highest BCUT2D eigenvalue weighted by atomic mass is 16.5. The van der Waals surface area contributed by atoms with Gasteiger partial charge in [-0.15, -0.1) is 0 Å². The van der Waals surface area contributed by atoms with Gasteiger partial charge in [0, 0.05) is 6.54 Å². The summed E-state index contributed by atoms with van der Waals surface area (Å²) in [5.41, 5.74) is 1.02. The van der Waals surface area contributed by atoms with E-state index in [-0.39, 0.29) is 6.09 Å². The van der Waals surface area contributed by atoms with Crippen LogP contribution in [0.15, 0.2) is 78.9 Å². The summed E-state index contributed by atoms with van der Waals surface area (Å²) in [6.07, 6.45) is 51.6. The monoisotopic (exact) mass is 676 g/mol. The van der Waals surface area contributed by atoms with Gasteiger partial charge in [0.25, 0.3) is 0 Å². The highest BCUT2D eigenvalue weighted by molar-refractivity contribution is 5.67. The molecule has 0 spiro atoms. The van der Waals surface area contributed by atoms with Crippen molar-refractivity contribution in [1.82, 2.24) is 5.32 Å². The van der Waals surface area contributed by atoms with E-state index in [4.69, 9.17) is 4.74 Å². The zero-order valence-electron chi connectivity index (χ0n) is 32.2. The van der Waals surface area contributed by atoms with E-state index in [1.165, 1.54) is 154 Å². The summed E-state index contributed by atoms with van der Waals surface area (Å²) in [6.45, 7) is 5.58. The smallest absolute Gasteiger partial charge is 0.407 e. The topological polar surface area (TPSA) is 38.3 Å². The summed E-state index contributed by atoms with van der Waals surface area (Å²) in [5, 5.41) is 3.08. The van der Waals surface area contributed by atoms with Crippen LogP contribution in [0.1, 0.15) is 186 Å². The molecule has 0 bridgehead atoms. The van der Waals surface area contributed by atoms with E-state index in [2.05, 4.69) is 67.8 Å². The zero-order valence-corrected chi connectivity index (χ0v) is 32.2. The average molecular weight is 676 g/mol. The van der Waals surface area contributed by atoms with Gasteiger partial charge in [-0.05, 0) is 88.5 Å². The molecule has 0 saturated carbocycles. The molecule has 1 amide bonds. The normalized spacial score (nSPS) is 12.1. The van der Waals surface area contributed by atoms with Crippen molar-refractivity contribution >= 4 is 6.09 Å². The molecule has 3 heteroatoms. The van der Waals surface area contributed by atoms with Gasteiger partial charge >= 0.3 is 6.09 Å². The first-order valence-corrected chi connectivity index (χ1v) is 20.8. The number of benzene rings is 1. The number of nitrogens with one attached hydrogen (secondary N) is 1. The van der Waals surface area contributed by atoms with Crippen LogP contribution < -0.4 is 5.32 Å². The minimum Gasteiger partial charge on any atom is -0.445 e. The summed E-state index contributed by atoms with van der Waals surface area (Å²) < 4.78 is 5.48. The van der Waals surface area contributed by atoms with Gasteiger partial charge in [0.15, 0.2) is 0 Å². The first-order valence-electron chi connectivity index (χ1n) is 20.8. The molecule has 0 atom stereocenters. The molecule has 1 aromatic carbocycles. The third-order valence-corrected chi connectivity index (χ3v) is 9.37. The Hall–Kier alpha value is -2.55. The Bertz CT molecular complexity index is 899. The molecule has 278 valence electrons. The van der Waals surface area contributed by atoms with Crippen LogP contribution in [0.25, 0.3) is 0 Å². The van der Waals surface area contributed by atoms with Gasteiger partial charge < -0.3 is 10.1 Å². The van der Waals surface area contributed by atoms with E-state index in [1.807, 2.05) is 30.3 Å². The second-order valence-corrected chi connectivity index (χ2v) is 14.1. The minimum atomic E-state index is -0.289. The molecule has 0 aliphatic rings. The van der Waals surface area contributed by atoms with Crippen molar-refractivity contribution < 1.29 is 9.53 Å². The van der Waals surface area contributed by atoms with Crippen LogP contribution >= 0.6 is 0 Å². The largest absolute Gasteiger partial charge is 0.445 e. The first-order chi connectivity index (χ1) is 24.3. The SMILES string of the molecule is CCCCC/C=C\C/C=C\CCCCCCCCC(CCCCCCCC/C=C\C/C=C\CCCCC)CNC(=O)OCc1ccccc1. The van der Waals surface area contributed by atoms with E-state index in [9.17, 15) is 4.79 Å². The summed E-state index contributed by atoms with van der Waals surface area (Å²) >= 11 is 0. The van der Waals surface area contributed by atoms with Gasteiger partial charge in [-0.3, -0.25) is 0 Å². The molecule has 0 fully saturated rings. The zero-order chi connectivity index (χ0) is 35.1. The number of alkyl carbamates (subject to hydrolysis) is 1. The Morgan fingerprint density at radius 1 is 0.551 bits per heavy atom. The van der Waals surface area contributed by atoms with Gasteiger partial charge in [0.05, 0.1) is 0 Å². The molecule has 0 saturated heterocycles. The number of hydrogen-bond donors (Lipinski definition) is 1. The van der Waals surface area contributed by atoms with Crippen molar-refractivity contribution in [3.63, 3.8) is 0 Å². The lowest BCUT2D eigenvalue weighted by molar-refractivity contribution is 0.137. The number of carbonyl (C=O) groups is 1. The molecule has 0 aromatic heterocycles. The maximum absolute atomic E-state index is 12.4. The van der Waals surface area contributed by atoms with E-state index in [0.717, 1.165) is 24.9 Å². The third-order valence-electron chi connectivity index (χ3n) is 9.37. The molecule has 0 unspecified atom stereocenters. The molecular formula is C46H77NO2. The van der Waals surface area contributed by atoms with Crippen LogP contribution in [-0.2, 0) is 11.3 Å². The molecule has 0 heterocycles. The number of carbonyl (C=O) groups excluding carboxylic acids is 1. The average Bonchev–Trinajstić information content (AvgIpc) is 3.12. The van der Waals surface area contributed by atoms with Crippen molar-refractivity contribution in [1.29, 1.82) is 0 Å². The van der Waals surface area contributed by atoms with Crippen LogP contribution in [0, 0.1) is 5.92 Å². The van der Waals surface area contributed by atoms with Crippen molar-refractivity contribution in [3.05, 3.63) is 84.5 Å². The maximum atomic E-state index is 12.4. The van der Waals surface area contributed by atoms with Gasteiger partial charge in [0.2, 0.25) is 0 Å². The molecule has 3 nitrogen and oxygen atoms in total. The predicted octanol–water partition coefficient (Wildman–Crippen LogP) is 14.9. The molecule has 0 aliphatic carbocycles. The third kappa shape index (κ3) is 32.4. The van der Waals surface area contributed by atoms with Gasteiger partial charge in [-0.1, -0.05) is 183 Å². The lowest BCUT2D eigenvalue weighted by Gasteiger charge is -2.18. The fraction of sp³-hybridized carbons (Fsp3) is 0.674. The quantitative estimate of drug-likeness (QED) is 0.0583. The van der Waals surface area contributed by atoms with Gasteiger partial charge in [0.1, 0.15) is 6.61 Å². The summed E-state index contributed by atoms with van der Waals surface area (Å²) in [4.78, 5) is 12.4. The lowest BCUT2D eigenvalue weighted by Crippen LogP contribution is -2.30. The van der Waals surface area contributed by atoms with Crippen LogP contribution in [0.4, 0.5) is 4.79 Å². The number of rotatable bonds is 34. The molecule has 0 radical (unpaired) electrons. The number of ether oxygens (including phenoxy) is 1. The van der Waals surface area contributed by atoms with Crippen LogP contribution in [-0.4, -0.2) is 12.6 Å². The Labute approximate surface area is 304 Å². The minimum absolute atomic E-state index is 0.289. The number of unbranched alkanes of at least 4 members (excludes halogenated alkanes) is 18. The Morgan fingerprint density at radius 2 is 0.959 bits per heavy atom. The summed E-state index contributed by atoms with van der Waals surface area (Å²) in [7, 11) is 0. The fourth-order valence-electron chi connectivity index (χ4n) is 6.19. The summed E-state index contributed by atoms with van der Waals surface area (Å²) in [6, 6.07) is 9.93. The van der Waals surface area contributed by atoms with Crippen LogP contribution in [0.2, 0.25) is 0 Å². The Morgan fingerprint density at radius 3 is 1.41 bits per heavy atom. The van der Waals surface area contributed by atoms with Crippen molar-refractivity contribution in [2.45, 2.75) is 187 Å². The van der Waals surface area contributed by atoms with Crippen LogP contribution in [0.5, 0.6) is 0 Å². The lowest BCUT2D eigenvalue weighted by atomic mass is 9.94. The van der Waals surface area contributed by atoms with E-state index in [1.54, 1.807) is 0 Å². The van der Waals surface area contributed by atoms with Gasteiger partial charge in [-0.2, -0.15) is 0 Å². The molecule has 1 aromatic rings. The predicted molar refractivity (Wildman–Crippen MR) is 216 cm³/mol. The molecule has 49 heavy (non-hydrogen) atoms.